The van der Waals surface area contributed by atoms with Crippen LogP contribution in [0.15, 0.2) is 0 Å². The Hall–Kier alpha value is -2.27. The van der Waals surface area contributed by atoms with Crippen molar-refractivity contribution in [1.29, 1.82) is 5.26 Å². The van der Waals surface area contributed by atoms with Crippen molar-refractivity contribution < 1.29 is 9.59 Å². The van der Waals surface area contributed by atoms with Crippen LogP contribution in [0.5, 0.6) is 0 Å². The second-order valence-electron chi connectivity index (χ2n) is 4.85. The molecule has 1 unspecified atom stereocenters. The maximum atomic E-state index is 11.8. The number of thiophene rings is 1. The number of nitrogens with zero attached hydrogens (tertiary/aromatic N) is 2. The van der Waals surface area contributed by atoms with Gasteiger partial charge in [0.15, 0.2) is 0 Å². The maximum absolute atomic E-state index is 11.8. The molecule has 1 saturated heterocycles. The van der Waals surface area contributed by atoms with Gasteiger partial charge in [-0.25, -0.2) is 0 Å². The topological polar surface area (TPSA) is 111 Å². The molecular formula is C13H17N5O2S. The maximum Gasteiger partial charge on any atom is 0.263 e. The average molecular weight is 307 g/mol. The first kappa shape index (κ1) is 15.1. The molecule has 0 bridgehead atoms. The van der Waals surface area contributed by atoms with Crippen molar-refractivity contribution in [3.63, 3.8) is 0 Å². The molecule has 1 aromatic heterocycles. The van der Waals surface area contributed by atoms with E-state index in [0.29, 0.717) is 28.5 Å². The summed E-state index contributed by atoms with van der Waals surface area (Å²) in [6.45, 7) is 2.81. The molecule has 2 amide bonds. The lowest BCUT2D eigenvalue weighted by Crippen LogP contribution is -2.35. The van der Waals surface area contributed by atoms with E-state index in [1.165, 1.54) is 25.3 Å². The van der Waals surface area contributed by atoms with Crippen LogP contribution in [-0.4, -0.2) is 38.0 Å². The number of carbonyl (C=O) groups excluding carboxylic acids is 2. The zero-order valence-electron chi connectivity index (χ0n) is 11.9. The predicted molar refractivity (Wildman–Crippen MR) is 81.3 cm³/mol. The number of nitrogens with one attached hydrogen (secondary N) is 2. The van der Waals surface area contributed by atoms with Crippen molar-refractivity contribution in [2.24, 2.45) is 0 Å². The monoisotopic (exact) mass is 307 g/mol. The zero-order chi connectivity index (χ0) is 15.6. The first-order valence-corrected chi connectivity index (χ1v) is 7.36. The van der Waals surface area contributed by atoms with E-state index in [4.69, 9.17) is 5.73 Å². The second kappa shape index (κ2) is 6.01. The summed E-state index contributed by atoms with van der Waals surface area (Å²) in [4.78, 5) is 25.2. The number of anilines is 2. The minimum Gasteiger partial charge on any atom is -0.396 e. The van der Waals surface area contributed by atoms with Gasteiger partial charge in [-0.2, -0.15) is 5.26 Å². The van der Waals surface area contributed by atoms with Crippen molar-refractivity contribution in [2.75, 3.05) is 30.8 Å². The van der Waals surface area contributed by atoms with Gasteiger partial charge in [0.2, 0.25) is 5.91 Å². The number of nitrogens with two attached hydrogens (primary N) is 1. The molecule has 1 atom stereocenters. The molecule has 21 heavy (non-hydrogen) atoms. The molecule has 0 aromatic carbocycles. The van der Waals surface area contributed by atoms with Crippen LogP contribution in [-0.2, 0) is 4.79 Å². The number of hydrogen-bond donors (Lipinski definition) is 3. The highest BCUT2D eigenvalue weighted by molar-refractivity contribution is 7.19. The number of rotatable bonds is 3. The molecule has 1 aromatic rings. The minimum absolute atomic E-state index is 0.0563. The van der Waals surface area contributed by atoms with Crippen molar-refractivity contribution in [2.45, 2.75) is 19.4 Å². The summed E-state index contributed by atoms with van der Waals surface area (Å²) >= 11 is 1.22. The Balaban J connectivity index is 2.27. The first-order valence-electron chi connectivity index (χ1n) is 6.54. The van der Waals surface area contributed by atoms with Gasteiger partial charge in [0.1, 0.15) is 21.5 Å². The van der Waals surface area contributed by atoms with Crippen LogP contribution in [0.25, 0.3) is 0 Å². The Labute approximate surface area is 126 Å². The minimum atomic E-state index is -0.294. The third-order valence-corrected chi connectivity index (χ3v) is 4.62. The lowest BCUT2D eigenvalue weighted by atomic mass is 10.2. The first-order chi connectivity index (χ1) is 9.97. The number of nitrogen functional groups attached to an aromatic ring is 1. The molecule has 112 valence electrons. The standard InChI is InChI=1S/C13H17N5O2S/c1-7(19)17-8-3-4-18(6-8)13-9(5-14)10(15)11(21-13)12(20)16-2/h8H,3-4,6,15H2,1-2H3,(H,16,20)(H,17,19). The largest absolute Gasteiger partial charge is 0.396 e. The molecular weight excluding hydrogens is 290 g/mol. The summed E-state index contributed by atoms with van der Waals surface area (Å²) < 4.78 is 0. The summed E-state index contributed by atoms with van der Waals surface area (Å²) in [6, 6.07) is 2.13. The third-order valence-electron chi connectivity index (χ3n) is 3.35. The Morgan fingerprint density at radius 1 is 1.52 bits per heavy atom. The van der Waals surface area contributed by atoms with Crippen molar-refractivity contribution in [3.8, 4) is 6.07 Å². The Morgan fingerprint density at radius 3 is 2.81 bits per heavy atom. The molecule has 0 saturated carbocycles. The molecule has 1 fully saturated rings. The van der Waals surface area contributed by atoms with Gasteiger partial charge in [0, 0.05) is 33.1 Å². The molecule has 4 N–H and O–H groups in total. The Morgan fingerprint density at radius 2 is 2.24 bits per heavy atom. The zero-order valence-corrected chi connectivity index (χ0v) is 12.7. The Kier molecular flexibility index (Phi) is 4.33. The van der Waals surface area contributed by atoms with E-state index in [9.17, 15) is 14.9 Å². The van der Waals surface area contributed by atoms with Gasteiger partial charge in [-0.3, -0.25) is 9.59 Å². The molecule has 1 aliphatic heterocycles. The number of hydrogen-bond acceptors (Lipinski definition) is 6. The van der Waals surface area contributed by atoms with Gasteiger partial charge in [-0.15, -0.1) is 11.3 Å². The predicted octanol–water partition coefficient (Wildman–Crippen LogP) is 0.276. The van der Waals surface area contributed by atoms with Crippen LogP contribution in [0.2, 0.25) is 0 Å². The molecule has 2 heterocycles. The van der Waals surface area contributed by atoms with Gasteiger partial charge < -0.3 is 21.3 Å². The summed E-state index contributed by atoms with van der Waals surface area (Å²) in [5.74, 6) is -0.364. The molecule has 0 aliphatic carbocycles. The van der Waals surface area contributed by atoms with E-state index in [1.54, 1.807) is 0 Å². The van der Waals surface area contributed by atoms with Crippen LogP contribution in [0.4, 0.5) is 10.7 Å². The molecule has 0 spiro atoms. The summed E-state index contributed by atoms with van der Waals surface area (Å²) in [5, 5.41) is 15.4. The van der Waals surface area contributed by atoms with E-state index in [1.807, 2.05) is 4.90 Å². The quantitative estimate of drug-likeness (QED) is 0.742. The molecule has 7 nitrogen and oxygen atoms in total. The van der Waals surface area contributed by atoms with Crippen molar-refractivity contribution >= 4 is 33.8 Å². The third kappa shape index (κ3) is 2.92. The van der Waals surface area contributed by atoms with Gasteiger partial charge >= 0.3 is 0 Å². The average Bonchev–Trinajstić information content (AvgIpc) is 3.01. The fourth-order valence-corrected chi connectivity index (χ4v) is 3.55. The number of nitriles is 1. The van der Waals surface area contributed by atoms with Gasteiger partial charge in [-0.05, 0) is 6.42 Å². The van der Waals surface area contributed by atoms with Gasteiger partial charge in [-0.1, -0.05) is 0 Å². The second-order valence-corrected chi connectivity index (χ2v) is 5.85. The highest BCUT2D eigenvalue weighted by Crippen LogP contribution is 2.39. The molecule has 0 radical (unpaired) electrons. The SMILES string of the molecule is CNC(=O)c1sc(N2CCC(NC(C)=O)C2)c(C#N)c1N. The smallest absolute Gasteiger partial charge is 0.263 e. The summed E-state index contributed by atoms with van der Waals surface area (Å²) in [7, 11) is 1.52. The van der Waals surface area contributed by atoms with E-state index < -0.39 is 0 Å². The summed E-state index contributed by atoms with van der Waals surface area (Å²) in [6.07, 6.45) is 0.803. The van der Waals surface area contributed by atoms with Crippen LogP contribution in [0.3, 0.4) is 0 Å². The van der Waals surface area contributed by atoms with Crippen LogP contribution in [0, 0.1) is 11.3 Å². The van der Waals surface area contributed by atoms with E-state index in [0.717, 1.165) is 6.42 Å². The van der Waals surface area contributed by atoms with Crippen LogP contribution < -0.4 is 21.3 Å². The van der Waals surface area contributed by atoms with E-state index >= 15 is 0 Å². The Bertz CT molecular complexity index is 619. The fraction of sp³-hybridized carbons (Fsp3) is 0.462. The van der Waals surface area contributed by atoms with E-state index in [-0.39, 0.29) is 23.5 Å². The molecule has 8 heteroatoms. The highest BCUT2D eigenvalue weighted by Gasteiger charge is 2.29. The number of carbonyl (C=O) groups is 2. The normalized spacial score (nSPS) is 17.4. The lowest BCUT2D eigenvalue weighted by Gasteiger charge is -2.17. The van der Waals surface area contributed by atoms with Crippen LogP contribution >= 0.6 is 11.3 Å². The van der Waals surface area contributed by atoms with Gasteiger partial charge in [0.25, 0.3) is 5.91 Å². The van der Waals surface area contributed by atoms with Crippen molar-refractivity contribution in [1.82, 2.24) is 10.6 Å². The van der Waals surface area contributed by atoms with Crippen LogP contribution in [0.1, 0.15) is 28.6 Å². The molecule has 1 aliphatic rings. The van der Waals surface area contributed by atoms with Crippen molar-refractivity contribution in [3.05, 3.63) is 10.4 Å². The highest BCUT2D eigenvalue weighted by atomic mass is 32.1. The lowest BCUT2D eigenvalue weighted by molar-refractivity contribution is -0.119. The summed E-state index contributed by atoms with van der Waals surface area (Å²) in [5.41, 5.74) is 6.46. The van der Waals surface area contributed by atoms with E-state index in [2.05, 4.69) is 16.7 Å². The molecule has 2 rings (SSSR count). The van der Waals surface area contributed by atoms with Gasteiger partial charge in [0.05, 0.1) is 5.69 Å². The number of amides is 2. The fourth-order valence-electron chi connectivity index (χ4n) is 2.39.